The Bertz CT molecular complexity index is 1400. The van der Waals surface area contributed by atoms with Crippen LogP contribution in [0.4, 0.5) is 5.69 Å². The van der Waals surface area contributed by atoms with Crippen molar-refractivity contribution in [2.45, 2.75) is 30.7 Å². The van der Waals surface area contributed by atoms with E-state index < -0.39 is 20.9 Å². The van der Waals surface area contributed by atoms with E-state index >= 15 is 0 Å². The summed E-state index contributed by atoms with van der Waals surface area (Å²) in [5, 5.41) is 11.1. The zero-order valence-electron chi connectivity index (χ0n) is 17.7. The summed E-state index contributed by atoms with van der Waals surface area (Å²) in [5.74, 6) is -0.532. The van der Waals surface area contributed by atoms with Gasteiger partial charge in [-0.25, -0.2) is 8.42 Å². The van der Waals surface area contributed by atoms with Gasteiger partial charge in [-0.05, 0) is 43.2 Å². The third kappa shape index (κ3) is 4.65. The number of fused-ring (bicyclic) bond motifs is 1. The Hall–Kier alpha value is -3.15. The summed E-state index contributed by atoms with van der Waals surface area (Å²) in [5.41, 5.74) is 0.916. The summed E-state index contributed by atoms with van der Waals surface area (Å²) in [6.07, 6.45) is 4.37. The largest absolute Gasteiger partial charge is 0.312 e. The number of non-ortho nitro benzene ring substituents is 1. The molecule has 0 saturated carbocycles. The molecule has 4 rings (SSSR count). The number of nitro groups is 1. The molecule has 9 nitrogen and oxygen atoms in total. The van der Waals surface area contributed by atoms with E-state index in [0.717, 1.165) is 19.3 Å². The van der Waals surface area contributed by atoms with Crippen molar-refractivity contribution < 1.29 is 18.1 Å². The fraction of sp³-hybridized carbons (Fsp3) is 0.273. The van der Waals surface area contributed by atoms with Gasteiger partial charge in [0.05, 0.1) is 20.0 Å². The van der Waals surface area contributed by atoms with Crippen LogP contribution < -0.4 is 4.80 Å². The zero-order chi connectivity index (χ0) is 23.6. The molecular weight excluding hydrogens is 464 g/mol. The minimum absolute atomic E-state index is 0.0436. The highest BCUT2D eigenvalue weighted by atomic mass is 32.2. The number of hydrogen-bond donors (Lipinski definition) is 0. The van der Waals surface area contributed by atoms with Crippen LogP contribution in [0.5, 0.6) is 0 Å². The molecule has 2 aromatic carbocycles. The summed E-state index contributed by atoms with van der Waals surface area (Å²) in [4.78, 5) is 28.2. The minimum atomic E-state index is -3.58. The predicted molar refractivity (Wildman–Crippen MR) is 126 cm³/mol. The molecular formula is C22H22N4O5S2. The van der Waals surface area contributed by atoms with Gasteiger partial charge in [0.2, 0.25) is 10.0 Å². The second kappa shape index (κ2) is 9.38. The number of allylic oxidation sites excluding steroid dienone is 1. The molecule has 1 saturated heterocycles. The maximum atomic E-state index is 12.8. The maximum Gasteiger partial charge on any atom is 0.279 e. The van der Waals surface area contributed by atoms with Crippen LogP contribution in [-0.4, -0.2) is 41.2 Å². The fourth-order valence-electron chi connectivity index (χ4n) is 3.74. The highest BCUT2D eigenvalue weighted by Crippen LogP contribution is 2.24. The molecule has 172 valence electrons. The van der Waals surface area contributed by atoms with Crippen molar-refractivity contribution in [3.05, 3.63) is 75.6 Å². The van der Waals surface area contributed by atoms with Gasteiger partial charge in [0.15, 0.2) is 4.80 Å². The van der Waals surface area contributed by atoms with Crippen molar-refractivity contribution in [1.82, 2.24) is 8.87 Å². The van der Waals surface area contributed by atoms with Crippen molar-refractivity contribution in [2.75, 3.05) is 13.1 Å². The monoisotopic (exact) mass is 486 g/mol. The van der Waals surface area contributed by atoms with Gasteiger partial charge in [0.25, 0.3) is 11.6 Å². The van der Waals surface area contributed by atoms with Gasteiger partial charge in [-0.1, -0.05) is 23.8 Å². The van der Waals surface area contributed by atoms with E-state index in [1.165, 1.54) is 52.0 Å². The number of aromatic nitrogens is 1. The van der Waals surface area contributed by atoms with Gasteiger partial charge < -0.3 is 4.57 Å². The first-order chi connectivity index (χ1) is 15.8. The summed E-state index contributed by atoms with van der Waals surface area (Å²) in [6.45, 7) is 5.11. The summed E-state index contributed by atoms with van der Waals surface area (Å²) >= 11 is 1.17. The number of amides is 1. The first kappa shape index (κ1) is 23.0. The van der Waals surface area contributed by atoms with Crippen molar-refractivity contribution in [1.29, 1.82) is 0 Å². The summed E-state index contributed by atoms with van der Waals surface area (Å²) < 4.78 is 29.5. The second-order valence-electron chi connectivity index (χ2n) is 7.60. The number of sulfonamides is 1. The van der Waals surface area contributed by atoms with Crippen LogP contribution in [0.2, 0.25) is 0 Å². The maximum absolute atomic E-state index is 12.8. The van der Waals surface area contributed by atoms with Gasteiger partial charge in [0, 0.05) is 37.3 Å². The van der Waals surface area contributed by atoms with Crippen LogP contribution in [0.1, 0.15) is 29.6 Å². The lowest BCUT2D eigenvalue weighted by Crippen LogP contribution is -2.35. The van der Waals surface area contributed by atoms with E-state index in [0.29, 0.717) is 34.7 Å². The van der Waals surface area contributed by atoms with E-state index in [-0.39, 0.29) is 16.1 Å². The molecule has 0 N–H and O–H groups in total. The number of carbonyl (C=O) groups is 1. The number of nitro benzene ring substituents is 1. The van der Waals surface area contributed by atoms with E-state index in [1.807, 2.05) is 0 Å². The standard InChI is InChI=1S/C22H22N4O5S2/c1-2-12-25-19-11-8-17(26(28)29)15-20(19)32-22(25)23-21(27)16-6-9-18(10-7-16)33(30,31)24-13-4-3-5-14-24/h2,6-11,15H,1,3-5,12-14H2. The molecule has 0 bridgehead atoms. The molecule has 0 radical (unpaired) electrons. The second-order valence-corrected chi connectivity index (χ2v) is 10.5. The topological polar surface area (TPSA) is 115 Å². The Balaban J connectivity index is 1.67. The van der Waals surface area contributed by atoms with Crippen molar-refractivity contribution >= 4 is 43.2 Å². The van der Waals surface area contributed by atoms with Gasteiger partial charge in [-0.3, -0.25) is 14.9 Å². The Labute approximate surface area is 194 Å². The third-order valence-corrected chi connectivity index (χ3v) is 8.39. The first-order valence-corrected chi connectivity index (χ1v) is 12.6. The first-order valence-electron chi connectivity index (χ1n) is 10.4. The van der Waals surface area contributed by atoms with E-state index in [9.17, 15) is 23.3 Å². The molecule has 11 heteroatoms. The highest BCUT2D eigenvalue weighted by Gasteiger charge is 2.26. The average molecular weight is 487 g/mol. The van der Waals surface area contributed by atoms with Crippen molar-refractivity contribution in [2.24, 2.45) is 4.99 Å². The molecule has 1 fully saturated rings. The Kier molecular flexibility index (Phi) is 6.54. The molecule has 1 aromatic heterocycles. The van der Waals surface area contributed by atoms with Crippen molar-refractivity contribution in [3.63, 3.8) is 0 Å². The molecule has 33 heavy (non-hydrogen) atoms. The lowest BCUT2D eigenvalue weighted by atomic mass is 10.2. The SMILES string of the molecule is C=CCn1c(=NC(=O)c2ccc(S(=O)(=O)N3CCCCC3)cc2)sc2cc([N+](=O)[O-])ccc21. The summed E-state index contributed by atoms with van der Waals surface area (Å²) in [6, 6.07) is 10.2. The molecule has 3 aromatic rings. The molecule has 1 aliphatic heterocycles. The lowest BCUT2D eigenvalue weighted by Gasteiger charge is -2.25. The average Bonchev–Trinajstić information content (AvgIpc) is 3.16. The molecule has 0 spiro atoms. The third-order valence-electron chi connectivity index (χ3n) is 5.44. The van der Waals surface area contributed by atoms with Crippen LogP contribution in [-0.2, 0) is 16.6 Å². The Morgan fingerprint density at radius 1 is 1.15 bits per heavy atom. The van der Waals surface area contributed by atoms with Crippen molar-refractivity contribution in [3.8, 4) is 0 Å². The van der Waals surface area contributed by atoms with Gasteiger partial charge in [-0.2, -0.15) is 9.30 Å². The predicted octanol–water partition coefficient (Wildman–Crippen LogP) is 3.71. The number of carbonyl (C=O) groups excluding carboxylic acids is 1. The summed E-state index contributed by atoms with van der Waals surface area (Å²) in [7, 11) is -3.58. The molecule has 0 aliphatic carbocycles. The number of piperidine rings is 1. The van der Waals surface area contributed by atoms with E-state index in [1.54, 1.807) is 16.7 Å². The van der Waals surface area contributed by atoms with Crippen LogP contribution in [0.25, 0.3) is 10.2 Å². The quantitative estimate of drug-likeness (QED) is 0.299. The Morgan fingerprint density at radius 2 is 1.85 bits per heavy atom. The number of benzene rings is 2. The highest BCUT2D eigenvalue weighted by molar-refractivity contribution is 7.89. The van der Waals surface area contributed by atoms with Crippen LogP contribution in [0.15, 0.2) is 65.0 Å². The normalized spacial score (nSPS) is 15.6. The van der Waals surface area contributed by atoms with Crippen LogP contribution in [0, 0.1) is 10.1 Å². The van der Waals surface area contributed by atoms with Gasteiger partial charge >= 0.3 is 0 Å². The van der Waals surface area contributed by atoms with Gasteiger partial charge in [0.1, 0.15) is 0 Å². The van der Waals surface area contributed by atoms with E-state index in [4.69, 9.17) is 0 Å². The van der Waals surface area contributed by atoms with Crippen LogP contribution in [0.3, 0.4) is 0 Å². The minimum Gasteiger partial charge on any atom is -0.312 e. The number of nitrogens with zero attached hydrogens (tertiary/aromatic N) is 4. The molecule has 0 unspecified atom stereocenters. The van der Waals surface area contributed by atoms with E-state index in [2.05, 4.69) is 11.6 Å². The number of thiazole rings is 1. The Morgan fingerprint density at radius 3 is 2.48 bits per heavy atom. The molecule has 2 heterocycles. The fourth-order valence-corrected chi connectivity index (χ4v) is 6.33. The smallest absolute Gasteiger partial charge is 0.279 e. The number of rotatable bonds is 6. The van der Waals surface area contributed by atoms with Crippen LogP contribution >= 0.6 is 11.3 Å². The number of hydrogen-bond acceptors (Lipinski definition) is 6. The molecule has 1 amide bonds. The van der Waals surface area contributed by atoms with Gasteiger partial charge in [-0.15, -0.1) is 6.58 Å². The zero-order valence-corrected chi connectivity index (χ0v) is 19.3. The molecule has 0 atom stereocenters. The lowest BCUT2D eigenvalue weighted by molar-refractivity contribution is -0.384. The molecule has 1 aliphatic rings.